The van der Waals surface area contributed by atoms with Gasteiger partial charge in [0.1, 0.15) is 22.2 Å². The monoisotopic (exact) mass is 412 g/mol. The second-order valence-electron chi connectivity index (χ2n) is 5.04. The van der Waals surface area contributed by atoms with E-state index in [0.29, 0.717) is 11.4 Å². The van der Waals surface area contributed by atoms with Crippen molar-refractivity contribution in [3.8, 4) is 5.75 Å². The van der Waals surface area contributed by atoms with Gasteiger partial charge in [-0.2, -0.15) is 0 Å². The molecule has 2 aromatic rings. The highest BCUT2D eigenvalue weighted by Gasteiger charge is 2.20. The third-order valence-electron chi connectivity index (χ3n) is 3.31. The van der Waals surface area contributed by atoms with Crippen molar-refractivity contribution in [1.29, 1.82) is 0 Å². The number of aliphatic hydroxyl groups is 1. The molecule has 1 N–H and O–H groups in total. The summed E-state index contributed by atoms with van der Waals surface area (Å²) in [6.45, 7) is 1.66. The number of ether oxygens (including phenoxy) is 2. The molecule has 0 saturated heterocycles. The Labute approximate surface area is 164 Å². The summed E-state index contributed by atoms with van der Waals surface area (Å²) in [5, 5.41) is 9.73. The van der Waals surface area contributed by atoms with Crippen LogP contribution in [-0.2, 0) is 9.53 Å². The molecule has 0 spiro atoms. The molecule has 0 saturated carbocycles. The van der Waals surface area contributed by atoms with Gasteiger partial charge in [0.15, 0.2) is 11.0 Å². The summed E-state index contributed by atoms with van der Waals surface area (Å²) >= 11 is 11.5. The Balaban J connectivity index is 2.49. The van der Waals surface area contributed by atoms with Gasteiger partial charge in [0.05, 0.1) is 25.0 Å². The Morgan fingerprint density at radius 2 is 1.96 bits per heavy atom. The van der Waals surface area contributed by atoms with Crippen molar-refractivity contribution in [1.82, 2.24) is 4.98 Å². The summed E-state index contributed by atoms with van der Waals surface area (Å²) in [5.41, 5.74) is -0.0576. The third kappa shape index (κ3) is 5.18. The van der Waals surface area contributed by atoms with E-state index in [1.54, 1.807) is 31.2 Å². The summed E-state index contributed by atoms with van der Waals surface area (Å²) in [6, 6.07) is 7.51. The number of carbonyl (C=O) groups excluding carboxylic acids is 1. The van der Waals surface area contributed by atoms with E-state index in [0.717, 1.165) is 12.3 Å². The molecule has 0 aliphatic heterocycles. The summed E-state index contributed by atoms with van der Waals surface area (Å²) in [7, 11) is 1.53. The highest BCUT2D eigenvalue weighted by molar-refractivity contribution is 6.34. The lowest BCUT2D eigenvalue weighted by Crippen LogP contribution is -2.11. The average Bonchev–Trinajstić information content (AvgIpc) is 2.65. The second-order valence-corrected chi connectivity index (χ2v) is 5.75. The van der Waals surface area contributed by atoms with E-state index in [-0.39, 0.29) is 22.9 Å². The van der Waals surface area contributed by atoms with E-state index in [9.17, 15) is 14.3 Å². The summed E-state index contributed by atoms with van der Waals surface area (Å²) < 4.78 is 23.7. The van der Waals surface area contributed by atoms with E-state index < -0.39 is 22.7 Å². The number of aromatic nitrogens is 1. The molecule has 2 rings (SSSR count). The molecule has 0 amide bonds. The predicted molar refractivity (Wildman–Crippen MR) is 102 cm³/mol. The van der Waals surface area contributed by atoms with Crippen LogP contribution in [0.25, 0.3) is 5.76 Å². The van der Waals surface area contributed by atoms with Crippen molar-refractivity contribution < 1.29 is 23.8 Å². The third-order valence-corrected chi connectivity index (χ3v) is 3.86. The fourth-order valence-corrected chi connectivity index (χ4v) is 2.39. The van der Waals surface area contributed by atoms with Gasteiger partial charge >= 0.3 is 5.97 Å². The molecule has 0 aliphatic rings. The van der Waals surface area contributed by atoms with E-state index in [1.165, 1.54) is 7.11 Å². The van der Waals surface area contributed by atoms with E-state index in [2.05, 4.69) is 9.98 Å². The van der Waals surface area contributed by atoms with Crippen molar-refractivity contribution >= 4 is 46.8 Å². The van der Waals surface area contributed by atoms with Crippen LogP contribution in [0.4, 0.5) is 10.1 Å². The van der Waals surface area contributed by atoms with Crippen LogP contribution in [0.1, 0.15) is 12.5 Å². The van der Waals surface area contributed by atoms with Crippen molar-refractivity contribution in [2.24, 2.45) is 4.99 Å². The second kappa shape index (κ2) is 9.34. The van der Waals surface area contributed by atoms with Gasteiger partial charge in [-0.1, -0.05) is 23.2 Å². The highest BCUT2D eigenvalue weighted by Crippen LogP contribution is 2.27. The van der Waals surface area contributed by atoms with Crippen molar-refractivity contribution in [2.75, 3.05) is 13.7 Å². The van der Waals surface area contributed by atoms with Gasteiger partial charge in [-0.25, -0.2) is 14.2 Å². The number of nitrogens with zero attached hydrogens (tertiary/aromatic N) is 2. The Bertz CT molecular complexity index is 899. The first kappa shape index (κ1) is 20.7. The first-order valence-electron chi connectivity index (χ1n) is 7.67. The quantitative estimate of drug-likeness (QED) is 0.243. The zero-order chi connectivity index (χ0) is 20.0. The lowest BCUT2D eigenvalue weighted by molar-refractivity contribution is -0.137. The van der Waals surface area contributed by atoms with Crippen LogP contribution in [-0.4, -0.2) is 36.0 Å². The number of hydrogen-bond acceptors (Lipinski definition) is 6. The minimum atomic E-state index is -0.905. The van der Waals surface area contributed by atoms with Crippen molar-refractivity contribution in [2.45, 2.75) is 6.92 Å². The largest absolute Gasteiger partial charge is 0.506 e. The van der Waals surface area contributed by atoms with E-state index >= 15 is 0 Å². The first-order valence-corrected chi connectivity index (χ1v) is 8.43. The number of benzene rings is 1. The number of methoxy groups -OCH3 is 1. The zero-order valence-electron chi connectivity index (χ0n) is 14.4. The Kier molecular flexibility index (Phi) is 7.15. The number of aliphatic imine (C=N–C) groups is 1. The molecule has 0 atom stereocenters. The molecule has 1 aromatic carbocycles. The Morgan fingerprint density at radius 3 is 2.56 bits per heavy atom. The number of carbonyl (C=O) groups is 1. The van der Waals surface area contributed by atoms with Crippen LogP contribution in [0.5, 0.6) is 5.75 Å². The fraction of sp³-hybridized carbons (Fsp3) is 0.167. The molecule has 9 heteroatoms. The normalized spacial score (nSPS) is 12.0. The van der Waals surface area contributed by atoms with Crippen molar-refractivity contribution in [3.05, 3.63) is 57.6 Å². The van der Waals surface area contributed by atoms with Gasteiger partial charge < -0.3 is 14.6 Å². The maximum absolute atomic E-state index is 13.7. The van der Waals surface area contributed by atoms with Crippen LogP contribution < -0.4 is 4.74 Å². The van der Waals surface area contributed by atoms with Crippen LogP contribution >= 0.6 is 23.2 Å². The number of halogens is 3. The first-order chi connectivity index (χ1) is 12.9. The molecule has 142 valence electrons. The minimum Gasteiger partial charge on any atom is -0.506 e. The standard InChI is InChI=1S/C18H15Cl2FN2O4/c1-3-27-18(25)13(9-22-10-4-6-11(26-2)7-5-10)15(24)12-8-14(21)17(20)23-16(12)19/h4-9,24H,3H2,1-2H3/b15-13+,22-9?. The van der Waals surface area contributed by atoms with E-state index in [4.69, 9.17) is 32.7 Å². The SMILES string of the molecule is CCOC(=O)/C(C=Nc1ccc(OC)cc1)=C(/O)c1cc(F)c(Cl)nc1Cl. The van der Waals surface area contributed by atoms with Gasteiger partial charge in [-0.3, -0.25) is 4.99 Å². The maximum Gasteiger partial charge on any atom is 0.343 e. The molecular formula is C18H15Cl2FN2O4. The summed E-state index contributed by atoms with van der Waals surface area (Å²) in [4.78, 5) is 19.9. The van der Waals surface area contributed by atoms with Crippen LogP contribution in [0.3, 0.4) is 0 Å². The molecular weight excluding hydrogens is 398 g/mol. The van der Waals surface area contributed by atoms with Gasteiger partial charge in [-0.05, 0) is 37.3 Å². The zero-order valence-corrected chi connectivity index (χ0v) is 15.9. The number of esters is 1. The lowest BCUT2D eigenvalue weighted by Gasteiger charge is -2.08. The van der Waals surface area contributed by atoms with Crippen molar-refractivity contribution in [3.63, 3.8) is 0 Å². The molecule has 1 heterocycles. The summed E-state index contributed by atoms with van der Waals surface area (Å²) in [5.74, 6) is -1.78. The highest BCUT2D eigenvalue weighted by atomic mass is 35.5. The molecule has 0 fully saturated rings. The van der Waals surface area contributed by atoms with Gasteiger partial charge in [0, 0.05) is 6.21 Å². The number of hydrogen-bond donors (Lipinski definition) is 1. The molecule has 0 aliphatic carbocycles. The van der Waals surface area contributed by atoms with Gasteiger partial charge in [0.2, 0.25) is 0 Å². The predicted octanol–water partition coefficient (Wildman–Crippen LogP) is 4.77. The molecule has 0 radical (unpaired) electrons. The number of rotatable bonds is 6. The van der Waals surface area contributed by atoms with E-state index in [1.807, 2.05) is 0 Å². The van der Waals surface area contributed by atoms with Crippen LogP contribution in [0.15, 0.2) is 40.9 Å². The molecule has 27 heavy (non-hydrogen) atoms. The molecule has 6 nitrogen and oxygen atoms in total. The minimum absolute atomic E-state index is 0.0625. The molecule has 0 unspecified atom stereocenters. The summed E-state index contributed by atoms with van der Waals surface area (Å²) in [6.07, 6.45) is 1.10. The smallest absolute Gasteiger partial charge is 0.343 e. The molecule has 0 bridgehead atoms. The van der Waals surface area contributed by atoms with Gasteiger partial charge in [-0.15, -0.1) is 0 Å². The maximum atomic E-state index is 13.7. The lowest BCUT2D eigenvalue weighted by atomic mass is 10.1. The van der Waals surface area contributed by atoms with Gasteiger partial charge in [0.25, 0.3) is 0 Å². The number of aliphatic hydroxyl groups excluding tert-OH is 1. The average molecular weight is 413 g/mol. The van der Waals surface area contributed by atoms with Crippen LogP contribution in [0.2, 0.25) is 10.3 Å². The number of pyridine rings is 1. The Hall–Kier alpha value is -2.64. The molecule has 1 aromatic heterocycles. The topological polar surface area (TPSA) is 81.0 Å². The fourth-order valence-electron chi connectivity index (χ4n) is 1.98. The van der Waals surface area contributed by atoms with Crippen LogP contribution in [0, 0.1) is 5.82 Å². The Morgan fingerprint density at radius 1 is 1.30 bits per heavy atom.